The predicted octanol–water partition coefficient (Wildman–Crippen LogP) is 4.63. The van der Waals surface area contributed by atoms with Crippen LogP contribution in [0.15, 0.2) is 88.4 Å². The van der Waals surface area contributed by atoms with Crippen LogP contribution in [0.5, 0.6) is 5.75 Å². The summed E-state index contributed by atoms with van der Waals surface area (Å²) in [4.78, 5) is 13.0. The summed E-state index contributed by atoms with van der Waals surface area (Å²) in [7, 11) is 0. The van der Waals surface area contributed by atoms with Crippen molar-refractivity contribution in [3.63, 3.8) is 0 Å². The molecule has 0 saturated heterocycles. The third-order valence-electron chi connectivity index (χ3n) is 4.43. The van der Waals surface area contributed by atoms with Crippen molar-refractivity contribution in [2.45, 2.75) is 6.92 Å². The number of aromatic hydroxyl groups is 1. The Balaban J connectivity index is 1.79. The van der Waals surface area contributed by atoms with Gasteiger partial charge in [-0.3, -0.25) is 10.2 Å². The molecule has 1 amide bonds. The Bertz CT molecular complexity index is 1250. The number of carbonyl (C=O) groups is 1. The molecule has 0 unspecified atom stereocenters. The number of benzene rings is 3. The first-order valence-electron chi connectivity index (χ1n) is 9.09. The molecule has 0 bridgehead atoms. The van der Waals surface area contributed by atoms with Gasteiger partial charge in [-0.2, -0.15) is 0 Å². The molecule has 0 fully saturated rings. The van der Waals surface area contributed by atoms with Crippen molar-refractivity contribution < 1.29 is 14.3 Å². The van der Waals surface area contributed by atoms with Crippen LogP contribution in [0.1, 0.15) is 15.9 Å². The molecule has 0 aliphatic carbocycles. The van der Waals surface area contributed by atoms with E-state index in [2.05, 4.69) is 15.8 Å². The first-order chi connectivity index (χ1) is 14.1. The number of nitrogens with one attached hydrogen (secondary N) is 2. The molecular weight excluding hydrogens is 366 g/mol. The second-order valence-corrected chi connectivity index (χ2v) is 6.55. The Labute approximate surface area is 167 Å². The van der Waals surface area contributed by atoms with Crippen LogP contribution in [0.25, 0.3) is 11.0 Å². The lowest BCUT2D eigenvalue weighted by molar-refractivity contribution is 0.102. The molecule has 144 valence electrons. The molecule has 0 aliphatic heterocycles. The predicted molar refractivity (Wildman–Crippen MR) is 113 cm³/mol. The van der Waals surface area contributed by atoms with E-state index in [1.165, 1.54) is 6.07 Å². The number of aryl methyl sites for hydroxylation is 1. The second-order valence-electron chi connectivity index (χ2n) is 6.55. The summed E-state index contributed by atoms with van der Waals surface area (Å²) >= 11 is 0. The Morgan fingerprint density at radius 3 is 2.52 bits per heavy atom. The van der Waals surface area contributed by atoms with Crippen LogP contribution in [0, 0.1) is 6.92 Å². The number of phenolic OH excluding ortho intramolecular Hbond substituents is 1. The van der Waals surface area contributed by atoms with Crippen molar-refractivity contribution in [3.8, 4) is 5.75 Å². The Morgan fingerprint density at radius 1 is 0.966 bits per heavy atom. The van der Waals surface area contributed by atoms with E-state index < -0.39 is 0 Å². The number of phenols is 1. The van der Waals surface area contributed by atoms with E-state index in [1.54, 1.807) is 18.2 Å². The van der Waals surface area contributed by atoms with Gasteiger partial charge in [0, 0.05) is 17.1 Å². The SMILES string of the molecule is Cc1ccccc1NC(=O)c1cc2ccc(O)cc2o/c1=N/Nc1ccccc1. The molecule has 1 aromatic heterocycles. The fraction of sp³-hybridized carbons (Fsp3) is 0.0435. The van der Waals surface area contributed by atoms with Gasteiger partial charge in [-0.15, -0.1) is 5.10 Å². The van der Waals surface area contributed by atoms with Crippen molar-refractivity contribution in [3.05, 3.63) is 95.5 Å². The van der Waals surface area contributed by atoms with Gasteiger partial charge in [0.15, 0.2) is 0 Å². The zero-order valence-corrected chi connectivity index (χ0v) is 15.7. The first kappa shape index (κ1) is 18.3. The lowest BCUT2D eigenvalue weighted by atomic mass is 10.1. The standard InChI is InChI=1S/C23H19N3O3/c1-15-7-5-6-10-20(15)24-22(28)19-13-16-11-12-18(27)14-21(16)29-23(19)26-25-17-8-3-2-4-9-17/h2-14,25,27H,1H3,(H,24,28)/b26-23+. The Morgan fingerprint density at radius 2 is 1.72 bits per heavy atom. The van der Waals surface area contributed by atoms with Gasteiger partial charge in [0.25, 0.3) is 5.91 Å². The van der Waals surface area contributed by atoms with Crippen molar-refractivity contribution in [1.82, 2.24) is 0 Å². The fourth-order valence-electron chi connectivity index (χ4n) is 2.88. The van der Waals surface area contributed by atoms with Crippen LogP contribution >= 0.6 is 0 Å². The van der Waals surface area contributed by atoms with Gasteiger partial charge in [0.2, 0.25) is 5.55 Å². The highest BCUT2D eigenvalue weighted by molar-refractivity contribution is 6.05. The largest absolute Gasteiger partial charge is 0.508 e. The van der Waals surface area contributed by atoms with Gasteiger partial charge in [0.1, 0.15) is 16.9 Å². The van der Waals surface area contributed by atoms with Crippen molar-refractivity contribution in [1.29, 1.82) is 0 Å². The number of rotatable bonds is 4. The second kappa shape index (κ2) is 7.90. The third-order valence-corrected chi connectivity index (χ3v) is 4.43. The number of fused-ring (bicyclic) bond motifs is 1. The van der Waals surface area contributed by atoms with Crippen molar-refractivity contribution >= 4 is 28.3 Å². The average Bonchev–Trinajstić information content (AvgIpc) is 2.74. The third kappa shape index (κ3) is 4.11. The molecule has 29 heavy (non-hydrogen) atoms. The quantitative estimate of drug-likeness (QED) is 0.447. The zero-order valence-electron chi connectivity index (χ0n) is 15.7. The van der Waals surface area contributed by atoms with Gasteiger partial charge in [-0.25, -0.2) is 0 Å². The van der Waals surface area contributed by atoms with Gasteiger partial charge >= 0.3 is 0 Å². The number of anilines is 2. The summed E-state index contributed by atoms with van der Waals surface area (Å²) in [6, 6.07) is 23.3. The van der Waals surface area contributed by atoms with Crippen LogP contribution in [-0.2, 0) is 0 Å². The number of hydrogen-bond acceptors (Lipinski definition) is 5. The lowest BCUT2D eigenvalue weighted by Crippen LogP contribution is -2.23. The summed E-state index contributed by atoms with van der Waals surface area (Å²) in [6.45, 7) is 1.92. The van der Waals surface area contributed by atoms with Gasteiger partial charge < -0.3 is 14.8 Å². The molecule has 3 N–H and O–H groups in total. The number of hydrogen-bond donors (Lipinski definition) is 3. The first-order valence-corrected chi connectivity index (χ1v) is 9.09. The van der Waals surface area contributed by atoms with E-state index in [0.29, 0.717) is 16.7 Å². The number of nitrogens with zero attached hydrogens (tertiary/aromatic N) is 1. The molecule has 0 atom stereocenters. The zero-order chi connectivity index (χ0) is 20.2. The average molecular weight is 385 g/mol. The van der Waals surface area contributed by atoms with Gasteiger partial charge in [-0.1, -0.05) is 36.4 Å². The molecule has 0 spiro atoms. The lowest BCUT2D eigenvalue weighted by Gasteiger charge is -2.09. The number of para-hydroxylation sites is 2. The van der Waals surface area contributed by atoms with Crippen LogP contribution in [-0.4, -0.2) is 11.0 Å². The number of amides is 1. The van der Waals surface area contributed by atoms with Crippen LogP contribution in [0.3, 0.4) is 0 Å². The minimum atomic E-state index is -0.341. The van der Waals surface area contributed by atoms with Crippen molar-refractivity contribution in [2.75, 3.05) is 10.7 Å². The summed E-state index contributed by atoms with van der Waals surface area (Å²) in [5.41, 5.74) is 6.12. The minimum Gasteiger partial charge on any atom is -0.508 e. The molecule has 6 heteroatoms. The minimum absolute atomic E-state index is 0.0698. The summed E-state index contributed by atoms with van der Waals surface area (Å²) in [5.74, 6) is -0.271. The van der Waals surface area contributed by atoms with E-state index in [0.717, 1.165) is 11.3 Å². The molecule has 0 aliphatic rings. The number of carbonyl (C=O) groups excluding carboxylic acids is 1. The molecule has 1 heterocycles. The molecule has 0 saturated carbocycles. The maximum absolute atomic E-state index is 13.0. The molecule has 0 radical (unpaired) electrons. The molecule has 4 rings (SSSR count). The van der Waals surface area contributed by atoms with Gasteiger partial charge in [0.05, 0.1) is 5.69 Å². The van der Waals surface area contributed by atoms with Crippen LogP contribution in [0.2, 0.25) is 0 Å². The molecule has 4 aromatic rings. The summed E-state index contributed by atoms with van der Waals surface area (Å²) in [5, 5.41) is 17.6. The van der Waals surface area contributed by atoms with Crippen molar-refractivity contribution in [2.24, 2.45) is 5.10 Å². The van der Waals surface area contributed by atoms with E-state index in [-0.39, 0.29) is 22.8 Å². The Kier molecular flexibility index (Phi) is 4.99. The highest BCUT2D eigenvalue weighted by Crippen LogP contribution is 2.20. The maximum atomic E-state index is 13.0. The molecule has 3 aromatic carbocycles. The normalized spacial score (nSPS) is 11.4. The monoisotopic (exact) mass is 385 g/mol. The fourth-order valence-corrected chi connectivity index (χ4v) is 2.88. The van der Waals surface area contributed by atoms with Crippen LogP contribution in [0.4, 0.5) is 11.4 Å². The Hall–Kier alpha value is -4.06. The topological polar surface area (TPSA) is 86.9 Å². The summed E-state index contributed by atoms with van der Waals surface area (Å²) in [6.07, 6.45) is 0. The highest BCUT2D eigenvalue weighted by Gasteiger charge is 2.14. The summed E-state index contributed by atoms with van der Waals surface area (Å²) < 4.78 is 5.83. The maximum Gasteiger partial charge on any atom is 0.261 e. The highest BCUT2D eigenvalue weighted by atomic mass is 16.3. The van der Waals surface area contributed by atoms with E-state index in [9.17, 15) is 9.90 Å². The van der Waals surface area contributed by atoms with Crippen LogP contribution < -0.4 is 16.3 Å². The smallest absolute Gasteiger partial charge is 0.261 e. The van der Waals surface area contributed by atoms with E-state index >= 15 is 0 Å². The van der Waals surface area contributed by atoms with E-state index in [4.69, 9.17) is 4.42 Å². The van der Waals surface area contributed by atoms with E-state index in [1.807, 2.05) is 61.5 Å². The molecular formula is C23H19N3O3. The molecule has 6 nitrogen and oxygen atoms in total. The van der Waals surface area contributed by atoms with Gasteiger partial charge in [-0.05, 0) is 48.9 Å².